The molecule has 0 bridgehead atoms. The molecular formula is C21H21N3O6. The van der Waals surface area contributed by atoms with E-state index in [1.807, 2.05) is 6.07 Å². The lowest BCUT2D eigenvalue weighted by molar-refractivity contribution is -0.137. The molecule has 0 atom stereocenters. The number of carbonyl (C=O) groups is 3. The zero-order valence-electron chi connectivity index (χ0n) is 16.5. The monoisotopic (exact) mass is 411 g/mol. The Bertz CT molecular complexity index is 1000. The van der Waals surface area contributed by atoms with Gasteiger partial charge in [-0.3, -0.25) is 19.3 Å². The van der Waals surface area contributed by atoms with Gasteiger partial charge in [0, 0.05) is 23.8 Å². The quantitative estimate of drug-likeness (QED) is 0.565. The maximum Gasteiger partial charge on any atom is 0.277 e. The fourth-order valence-electron chi connectivity index (χ4n) is 2.93. The van der Waals surface area contributed by atoms with Crippen molar-refractivity contribution >= 4 is 29.1 Å². The van der Waals surface area contributed by atoms with E-state index >= 15 is 0 Å². The zero-order chi connectivity index (χ0) is 21.7. The maximum atomic E-state index is 12.5. The fourth-order valence-corrected chi connectivity index (χ4v) is 2.93. The standard InChI is InChI=1S/C21H21N3O6/c1-29-17-11-15(23-20(27)13-6-4-3-5-7-13)18(30-2)10-14(17)22-16-12-19(26)24(8-9-25)21(16)28/h3-7,10-12,22,25H,8-9H2,1-2H3,(H,23,27). The van der Waals surface area contributed by atoms with Crippen LogP contribution in [-0.4, -0.2) is 55.1 Å². The minimum atomic E-state index is -0.559. The van der Waals surface area contributed by atoms with E-state index in [9.17, 15) is 14.4 Å². The summed E-state index contributed by atoms with van der Waals surface area (Å²) in [6, 6.07) is 11.8. The van der Waals surface area contributed by atoms with Crippen molar-refractivity contribution in [3.8, 4) is 11.5 Å². The molecule has 3 N–H and O–H groups in total. The molecule has 1 aliphatic rings. The largest absolute Gasteiger partial charge is 0.494 e. The van der Waals surface area contributed by atoms with E-state index in [1.54, 1.807) is 36.4 Å². The summed E-state index contributed by atoms with van der Waals surface area (Å²) in [5, 5.41) is 14.6. The van der Waals surface area contributed by atoms with Gasteiger partial charge in [-0.05, 0) is 12.1 Å². The number of hydrogen-bond donors (Lipinski definition) is 3. The molecule has 1 aliphatic heterocycles. The summed E-state index contributed by atoms with van der Waals surface area (Å²) in [7, 11) is 2.88. The van der Waals surface area contributed by atoms with Gasteiger partial charge in [-0.1, -0.05) is 18.2 Å². The smallest absolute Gasteiger partial charge is 0.277 e. The van der Waals surface area contributed by atoms with E-state index in [0.29, 0.717) is 28.4 Å². The Morgan fingerprint density at radius 3 is 2.30 bits per heavy atom. The number of ether oxygens (including phenoxy) is 2. The molecule has 0 fully saturated rings. The van der Waals surface area contributed by atoms with Crippen molar-refractivity contribution in [1.29, 1.82) is 0 Å². The van der Waals surface area contributed by atoms with Gasteiger partial charge in [-0.25, -0.2) is 0 Å². The molecule has 3 rings (SSSR count). The predicted octanol–water partition coefficient (Wildman–Crippen LogP) is 1.61. The van der Waals surface area contributed by atoms with E-state index in [2.05, 4.69) is 10.6 Å². The number of amides is 3. The van der Waals surface area contributed by atoms with E-state index in [0.717, 1.165) is 11.0 Å². The lowest BCUT2D eigenvalue weighted by atomic mass is 10.2. The van der Waals surface area contributed by atoms with Crippen molar-refractivity contribution in [3.63, 3.8) is 0 Å². The molecule has 0 spiro atoms. The van der Waals surface area contributed by atoms with Gasteiger partial charge in [0.2, 0.25) is 0 Å². The van der Waals surface area contributed by atoms with Crippen LogP contribution in [-0.2, 0) is 9.59 Å². The first kappa shape index (κ1) is 20.9. The van der Waals surface area contributed by atoms with Gasteiger partial charge >= 0.3 is 0 Å². The number of aliphatic hydroxyl groups is 1. The van der Waals surface area contributed by atoms with E-state index in [-0.39, 0.29) is 24.8 Å². The van der Waals surface area contributed by atoms with Crippen LogP contribution in [0.4, 0.5) is 11.4 Å². The van der Waals surface area contributed by atoms with Gasteiger partial charge in [-0.15, -0.1) is 0 Å². The van der Waals surface area contributed by atoms with Crippen LogP contribution in [0.15, 0.2) is 54.2 Å². The number of rotatable bonds is 8. The van der Waals surface area contributed by atoms with Crippen molar-refractivity contribution in [2.24, 2.45) is 0 Å². The summed E-state index contributed by atoms with van der Waals surface area (Å²) in [5.41, 5.74) is 1.25. The molecule has 0 aromatic heterocycles. The molecule has 0 radical (unpaired) electrons. The molecule has 3 amide bonds. The third-order valence-corrected chi connectivity index (χ3v) is 4.41. The van der Waals surface area contributed by atoms with E-state index < -0.39 is 11.8 Å². The first-order valence-corrected chi connectivity index (χ1v) is 9.06. The Hall–Kier alpha value is -3.85. The van der Waals surface area contributed by atoms with Crippen molar-refractivity contribution < 1.29 is 29.0 Å². The molecular weight excluding hydrogens is 390 g/mol. The number of anilines is 2. The van der Waals surface area contributed by atoms with Gasteiger partial charge in [0.05, 0.1) is 38.7 Å². The number of hydrogen-bond acceptors (Lipinski definition) is 7. The molecule has 156 valence electrons. The minimum Gasteiger partial charge on any atom is -0.494 e. The van der Waals surface area contributed by atoms with Crippen LogP contribution < -0.4 is 20.1 Å². The molecule has 0 saturated heterocycles. The third kappa shape index (κ3) is 4.26. The molecule has 2 aromatic rings. The van der Waals surface area contributed by atoms with Gasteiger partial charge in [-0.2, -0.15) is 0 Å². The topological polar surface area (TPSA) is 117 Å². The van der Waals surface area contributed by atoms with Crippen LogP contribution in [0.1, 0.15) is 10.4 Å². The Morgan fingerprint density at radius 1 is 1.03 bits per heavy atom. The first-order chi connectivity index (χ1) is 14.5. The second-order valence-electron chi connectivity index (χ2n) is 6.27. The summed E-state index contributed by atoms with van der Waals surface area (Å²) < 4.78 is 10.7. The number of β-amino-alcohol motifs (C(OH)–C–C–N with tert-alkyl or cyclic N) is 1. The van der Waals surface area contributed by atoms with E-state index in [4.69, 9.17) is 14.6 Å². The molecule has 9 heteroatoms. The average Bonchev–Trinajstić information content (AvgIpc) is 3.02. The van der Waals surface area contributed by atoms with E-state index in [1.165, 1.54) is 14.2 Å². The molecule has 30 heavy (non-hydrogen) atoms. The molecule has 0 aliphatic carbocycles. The number of carbonyl (C=O) groups excluding carboxylic acids is 3. The van der Waals surface area contributed by atoms with Crippen LogP contribution in [0.5, 0.6) is 11.5 Å². The summed E-state index contributed by atoms with van der Waals surface area (Å²) in [5.74, 6) is -0.755. The van der Waals surface area contributed by atoms with Crippen molar-refractivity contribution in [1.82, 2.24) is 4.90 Å². The molecule has 2 aromatic carbocycles. The van der Waals surface area contributed by atoms with Crippen LogP contribution in [0.3, 0.4) is 0 Å². The molecule has 1 heterocycles. The minimum absolute atomic E-state index is 0.0369. The number of nitrogens with one attached hydrogen (secondary N) is 2. The summed E-state index contributed by atoms with van der Waals surface area (Å²) in [6.45, 7) is -0.421. The van der Waals surface area contributed by atoms with Crippen LogP contribution in [0.25, 0.3) is 0 Å². The molecule has 9 nitrogen and oxygen atoms in total. The van der Waals surface area contributed by atoms with Crippen LogP contribution in [0, 0.1) is 0 Å². The highest BCUT2D eigenvalue weighted by Gasteiger charge is 2.31. The normalized spacial score (nSPS) is 13.2. The van der Waals surface area contributed by atoms with Crippen LogP contribution >= 0.6 is 0 Å². The zero-order valence-corrected chi connectivity index (χ0v) is 16.5. The second kappa shape index (κ2) is 9.10. The van der Waals surface area contributed by atoms with Gasteiger partial charge in [0.1, 0.15) is 17.2 Å². The van der Waals surface area contributed by atoms with Crippen LogP contribution in [0.2, 0.25) is 0 Å². The summed E-state index contributed by atoms with van der Waals surface area (Å²) in [4.78, 5) is 37.7. The first-order valence-electron chi connectivity index (χ1n) is 9.06. The average molecular weight is 411 g/mol. The number of methoxy groups -OCH3 is 2. The van der Waals surface area contributed by atoms with Crippen molar-refractivity contribution in [3.05, 3.63) is 59.8 Å². The lowest BCUT2D eigenvalue weighted by Gasteiger charge is -2.17. The Labute approximate surface area is 172 Å². The summed E-state index contributed by atoms with van der Waals surface area (Å²) >= 11 is 0. The Kier molecular flexibility index (Phi) is 6.33. The van der Waals surface area contributed by atoms with Crippen molar-refractivity contribution in [2.75, 3.05) is 38.0 Å². The highest BCUT2D eigenvalue weighted by Crippen LogP contribution is 2.37. The fraction of sp³-hybridized carbons (Fsp3) is 0.190. The lowest BCUT2D eigenvalue weighted by Crippen LogP contribution is -2.34. The number of aliphatic hydroxyl groups excluding tert-OH is 1. The van der Waals surface area contributed by atoms with Crippen molar-refractivity contribution in [2.45, 2.75) is 0 Å². The highest BCUT2D eigenvalue weighted by molar-refractivity contribution is 6.17. The SMILES string of the molecule is COc1cc(NC2=CC(=O)N(CCO)C2=O)c(OC)cc1NC(=O)c1ccccc1. The maximum absolute atomic E-state index is 12.5. The van der Waals surface area contributed by atoms with Gasteiger partial charge in [0.15, 0.2) is 0 Å². The highest BCUT2D eigenvalue weighted by atomic mass is 16.5. The number of nitrogens with zero attached hydrogens (tertiary/aromatic N) is 1. The molecule has 0 unspecified atom stereocenters. The van der Waals surface area contributed by atoms with Gasteiger partial charge < -0.3 is 25.2 Å². The number of benzene rings is 2. The number of imide groups is 1. The Balaban J connectivity index is 1.87. The summed E-state index contributed by atoms with van der Waals surface area (Å²) in [6.07, 6.45) is 1.15. The predicted molar refractivity (Wildman–Crippen MR) is 109 cm³/mol. The molecule has 0 saturated carbocycles. The van der Waals surface area contributed by atoms with Gasteiger partial charge in [0.25, 0.3) is 17.7 Å². The Morgan fingerprint density at radius 2 is 1.67 bits per heavy atom. The second-order valence-corrected chi connectivity index (χ2v) is 6.27. The third-order valence-electron chi connectivity index (χ3n) is 4.41.